The Hall–Kier alpha value is -1.44. The Morgan fingerprint density at radius 1 is 1.52 bits per heavy atom. The van der Waals surface area contributed by atoms with Crippen LogP contribution in [-0.2, 0) is 18.4 Å². The van der Waals surface area contributed by atoms with Crippen molar-refractivity contribution in [3.05, 3.63) is 18.2 Å². The number of hydrogen-bond donors (Lipinski definition) is 3. The number of aromatic nitrogens is 2. The fourth-order valence-corrected chi connectivity index (χ4v) is 3.76. The van der Waals surface area contributed by atoms with Gasteiger partial charge in [0.1, 0.15) is 5.82 Å². The fraction of sp³-hybridized carbons (Fsp3) is 0.750. The topological polar surface area (TPSA) is 82.4 Å². The molecule has 3 N–H and O–H groups in total. The van der Waals surface area contributed by atoms with Crippen LogP contribution in [0.2, 0.25) is 0 Å². The summed E-state index contributed by atoms with van der Waals surface area (Å²) in [6.45, 7) is 3.75. The summed E-state index contributed by atoms with van der Waals surface area (Å²) in [4.78, 5) is 18.9. The summed E-state index contributed by atoms with van der Waals surface area (Å²) >= 11 is 0. The maximum absolute atomic E-state index is 12.9. The molecule has 0 aliphatic carbocycles. The highest BCUT2D eigenvalue weighted by Crippen LogP contribution is 2.37. The van der Waals surface area contributed by atoms with Gasteiger partial charge >= 0.3 is 0 Å². The lowest BCUT2D eigenvalue weighted by molar-refractivity contribution is -0.134. The predicted octanol–water partition coefficient (Wildman–Crippen LogP) is -0.527. The first-order valence-corrected chi connectivity index (χ1v) is 8.43. The number of hydrogen-bond acceptors (Lipinski definition) is 5. The first-order chi connectivity index (χ1) is 11.1. The molecule has 2 fully saturated rings. The van der Waals surface area contributed by atoms with E-state index in [-0.39, 0.29) is 24.0 Å². The standard InChI is InChI=1S/C16H27N5O2/c1-20-7-6-18-14(20)11-21(8-9-22)15(23)13-10-16(12-19-13)2-4-17-5-3-16/h6-7,13,17,19,22H,2-5,8-12H2,1H3. The number of aliphatic hydroxyl groups excluding tert-OH is 1. The number of amides is 1. The van der Waals surface area contributed by atoms with E-state index in [9.17, 15) is 9.90 Å². The van der Waals surface area contributed by atoms with Crippen molar-refractivity contribution < 1.29 is 9.90 Å². The van der Waals surface area contributed by atoms with E-state index >= 15 is 0 Å². The van der Waals surface area contributed by atoms with Gasteiger partial charge in [0.15, 0.2) is 0 Å². The summed E-state index contributed by atoms with van der Waals surface area (Å²) in [5.74, 6) is 0.916. The molecule has 7 nitrogen and oxygen atoms in total. The van der Waals surface area contributed by atoms with Crippen LogP contribution >= 0.6 is 0 Å². The van der Waals surface area contributed by atoms with Gasteiger partial charge in [0, 0.05) is 32.5 Å². The summed E-state index contributed by atoms with van der Waals surface area (Å²) < 4.78 is 1.91. The number of piperidine rings is 1. The van der Waals surface area contributed by atoms with E-state index in [2.05, 4.69) is 15.6 Å². The van der Waals surface area contributed by atoms with Gasteiger partial charge < -0.3 is 25.2 Å². The second-order valence-electron chi connectivity index (χ2n) is 6.83. The van der Waals surface area contributed by atoms with Crippen molar-refractivity contribution in [3.63, 3.8) is 0 Å². The largest absolute Gasteiger partial charge is 0.395 e. The zero-order valence-corrected chi connectivity index (χ0v) is 13.8. The summed E-state index contributed by atoms with van der Waals surface area (Å²) in [5.41, 5.74) is 0.264. The first-order valence-electron chi connectivity index (χ1n) is 8.43. The van der Waals surface area contributed by atoms with Crippen molar-refractivity contribution in [1.82, 2.24) is 25.1 Å². The maximum Gasteiger partial charge on any atom is 0.240 e. The minimum atomic E-state index is -0.139. The molecule has 1 atom stereocenters. The van der Waals surface area contributed by atoms with E-state index < -0.39 is 0 Å². The van der Waals surface area contributed by atoms with Crippen LogP contribution in [0.15, 0.2) is 12.4 Å². The molecule has 3 rings (SSSR count). The monoisotopic (exact) mass is 321 g/mol. The smallest absolute Gasteiger partial charge is 0.240 e. The SMILES string of the molecule is Cn1ccnc1CN(CCO)C(=O)C1CC2(CCNCC2)CN1. The summed E-state index contributed by atoms with van der Waals surface area (Å²) in [5, 5.41) is 16.1. The maximum atomic E-state index is 12.9. The molecule has 0 radical (unpaired) electrons. The van der Waals surface area contributed by atoms with Crippen molar-refractivity contribution in [2.75, 3.05) is 32.8 Å². The predicted molar refractivity (Wildman–Crippen MR) is 86.7 cm³/mol. The summed E-state index contributed by atoms with van der Waals surface area (Å²) in [6, 6.07) is -0.139. The average molecular weight is 321 g/mol. The molecule has 128 valence electrons. The second-order valence-corrected chi connectivity index (χ2v) is 6.83. The number of rotatable bonds is 5. The Morgan fingerprint density at radius 3 is 2.96 bits per heavy atom. The normalized spacial score (nSPS) is 23.3. The first kappa shape index (κ1) is 16.4. The molecule has 1 spiro atoms. The molecule has 0 bridgehead atoms. The van der Waals surface area contributed by atoms with Gasteiger partial charge in [0.05, 0.1) is 19.2 Å². The minimum Gasteiger partial charge on any atom is -0.395 e. The molecule has 1 amide bonds. The van der Waals surface area contributed by atoms with Crippen LogP contribution in [-0.4, -0.2) is 64.3 Å². The molecule has 0 aromatic carbocycles. The number of imidazole rings is 1. The third-order valence-electron chi connectivity index (χ3n) is 5.26. The number of carbonyl (C=O) groups excluding carboxylic acids is 1. The molecule has 1 aromatic rings. The zero-order valence-electron chi connectivity index (χ0n) is 13.8. The number of aryl methyl sites for hydroxylation is 1. The van der Waals surface area contributed by atoms with Gasteiger partial charge in [-0.05, 0) is 37.8 Å². The lowest BCUT2D eigenvalue weighted by atomic mass is 9.77. The molecule has 2 saturated heterocycles. The van der Waals surface area contributed by atoms with Crippen molar-refractivity contribution in [3.8, 4) is 0 Å². The van der Waals surface area contributed by atoms with Crippen LogP contribution in [0, 0.1) is 5.41 Å². The highest BCUT2D eigenvalue weighted by atomic mass is 16.3. The molecule has 23 heavy (non-hydrogen) atoms. The van der Waals surface area contributed by atoms with E-state index in [0.717, 1.165) is 44.7 Å². The highest BCUT2D eigenvalue weighted by molar-refractivity contribution is 5.82. The third kappa shape index (κ3) is 3.57. The Bertz CT molecular complexity index is 538. The van der Waals surface area contributed by atoms with Crippen LogP contribution in [0.3, 0.4) is 0 Å². The summed E-state index contributed by atoms with van der Waals surface area (Å²) in [6.07, 6.45) is 6.76. The molecule has 7 heteroatoms. The quantitative estimate of drug-likeness (QED) is 0.679. The van der Waals surface area contributed by atoms with E-state index in [0.29, 0.717) is 13.1 Å². The van der Waals surface area contributed by atoms with Crippen LogP contribution in [0.5, 0.6) is 0 Å². The van der Waals surface area contributed by atoms with Crippen molar-refractivity contribution in [2.45, 2.75) is 31.8 Å². The Balaban J connectivity index is 1.65. The number of nitrogens with zero attached hydrogens (tertiary/aromatic N) is 3. The Labute approximate surface area is 137 Å². The molecular weight excluding hydrogens is 294 g/mol. The molecule has 1 aromatic heterocycles. The van der Waals surface area contributed by atoms with E-state index in [1.165, 1.54) is 0 Å². The van der Waals surface area contributed by atoms with Crippen LogP contribution < -0.4 is 10.6 Å². The van der Waals surface area contributed by atoms with Gasteiger partial charge in [-0.3, -0.25) is 4.79 Å². The number of aliphatic hydroxyl groups is 1. The lowest BCUT2D eigenvalue weighted by Gasteiger charge is -2.33. The Morgan fingerprint density at radius 2 is 2.30 bits per heavy atom. The van der Waals surface area contributed by atoms with Crippen molar-refractivity contribution >= 4 is 5.91 Å². The van der Waals surface area contributed by atoms with E-state index in [4.69, 9.17) is 0 Å². The van der Waals surface area contributed by atoms with Crippen molar-refractivity contribution in [1.29, 1.82) is 0 Å². The average Bonchev–Trinajstić information content (AvgIpc) is 3.14. The second kappa shape index (κ2) is 6.98. The summed E-state index contributed by atoms with van der Waals surface area (Å²) in [7, 11) is 1.92. The lowest BCUT2D eigenvalue weighted by Crippen LogP contribution is -2.44. The van der Waals surface area contributed by atoms with Gasteiger partial charge in [0.25, 0.3) is 0 Å². The van der Waals surface area contributed by atoms with Gasteiger partial charge in [-0.15, -0.1) is 0 Å². The van der Waals surface area contributed by atoms with Crippen LogP contribution in [0.4, 0.5) is 0 Å². The molecule has 0 saturated carbocycles. The van der Waals surface area contributed by atoms with Gasteiger partial charge in [-0.25, -0.2) is 4.98 Å². The van der Waals surface area contributed by atoms with Crippen molar-refractivity contribution in [2.24, 2.45) is 12.5 Å². The molecule has 2 aliphatic rings. The van der Waals surface area contributed by atoms with Gasteiger partial charge in [0.2, 0.25) is 5.91 Å². The van der Waals surface area contributed by atoms with Gasteiger partial charge in [-0.1, -0.05) is 0 Å². The molecule has 1 unspecified atom stereocenters. The van der Waals surface area contributed by atoms with Gasteiger partial charge in [-0.2, -0.15) is 0 Å². The molecular formula is C16H27N5O2. The third-order valence-corrected chi connectivity index (χ3v) is 5.26. The number of carbonyl (C=O) groups is 1. The van der Waals surface area contributed by atoms with E-state index in [1.807, 2.05) is 17.8 Å². The van der Waals surface area contributed by atoms with E-state index in [1.54, 1.807) is 11.1 Å². The molecule has 3 heterocycles. The van der Waals surface area contributed by atoms with Crippen LogP contribution in [0.1, 0.15) is 25.1 Å². The zero-order chi connectivity index (χ0) is 16.3. The van der Waals surface area contributed by atoms with Crippen LogP contribution in [0.25, 0.3) is 0 Å². The fourth-order valence-electron chi connectivity index (χ4n) is 3.76. The minimum absolute atomic E-state index is 0.0298. The number of nitrogens with one attached hydrogen (secondary N) is 2. The Kier molecular flexibility index (Phi) is 4.99. The molecule has 2 aliphatic heterocycles. The highest BCUT2D eigenvalue weighted by Gasteiger charge is 2.43.